The van der Waals surface area contributed by atoms with Gasteiger partial charge in [-0.1, -0.05) is 25.4 Å². The van der Waals surface area contributed by atoms with Gasteiger partial charge in [-0.15, -0.1) is 11.8 Å². The largest absolute Gasteiger partial charge is 0.396 e. The highest BCUT2D eigenvalue weighted by Crippen LogP contribution is 2.31. The number of hydrogen-bond acceptors (Lipinski definition) is 4. The van der Waals surface area contributed by atoms with Crippen LogP contribution in [-0.4, -0.2) is 27.4 Å². The van der Waals surface area contributed by atoms with E-state index in [2.05, 4.69) is 23.8 Å². The van der Waals surface area contributed by atoms with Crippen molar-refractivity contribution in [3.63, 3.8) is 0 Å². The third-order valence-electron chi connectivity index (χ3n) is 1.92. The van der Waals surface area contributed by atoms with Gasteiger partial charge in [0.25, 0.3) is 0 Å². The molecule has 0 aliphatic carbocycles. The molecule has 0 aliphatic heterocycles. The van der Waals surface area contributed by atoms with Gasteiger partial charge < -0.3 is 5.11 Å². The summed E-state index contributed by atoms with van der Waals surface area (Å²) in [6.07, 6.45) is 2.25. The molecule has 84 valence electrons. The van der Waals surface area contributed by atoms with Crippen LogP contribution in [0.5, 0.6) is 0 Å². The van der Waals surface area contributed by atoms with E-state index in [1.54, 1.807) is 11.8 Å². The second-order valence-electron chi connectivity index (χ2n) is 3.46. The number of hydrogen-bond donors (Lipinski definition) is 1. The van der Waals surface area contributed by atoms with Gasteiger partial charge in [0.1, 0.15) is 16.5 Å². The van der Waals surface area contributed by atoms with E-state index in [1.807, 2.05) is 0 Å². The Bertz CT molecular complexity index is 320. The lowest BCUT2D eigenvalue weighted by molar-refractivity contribution is 0.296. The Kier molecular flexibility index (Phi) is 5.36. The zero-order valence-electron chi connectivity index (χ0n) is 8.90. The normalized spacial score (nSPS) is 11.0. The predicted molar refractivity (Wildman–Crippen MR) is 63.6 cm³/mol. The Morgan fingerprint density at radius 1 is 1.47 bits per heavy atom. The summed E-state index contributed by atoms with van der Waals surface area (Å²) < 4.78 is 0. The molecule has 1 rings (SSSR count). The number of aliphatic hydroxyl groups is 1. The van der Waals surface area contributed by atoms with E-state index in [4.69, 9.17) is 16.7 Å². The molecule has 1 aromatic rings. The minimum atomic E-state index is 0.211. The fourth-order valence-corrected chi connectivity index (χ4v) is 2.68. The van der Waals surface area contributed by atoms with Gasteiger partial charge in [-0.05, 0) is 12.3 Å². The fourth-order valence-electron chi connectivity index (χ4n) is 1.19. The number of nitrogens with zero attached hydrogens (tertiary/aromatic N) is 2. The van der Waals surface area contributed by atoms with Crippen LogP contribution in [0.3, 0.4) is 0 Å². The zero-order chi connectivity index (χ0) is 11.3. The first kappa shape index (κ1) is 12.7. The van der Waals surface area contributed by atoms with Crippen LogP contribution in [-0.2, 0) is 0 Å². The van der Waals surface area contributed by atoms with Gasteiger partial charge in [-0.2, -0.15) is 0 Å². The Morgan fingerprint density at radius 2 is 2.20 bits per heavy atom. The van der Waals surface area contributed by atoms with Crippen LogP contribution >= 0.6 is 23.4 Å². The molecular formula is C10H15ClN2OS. The molecule has 1 N–H and O–H groups in total. The number of aliphatic hydroxyl groups excluding tert-OH is 1. The topological polar surface area (TPSA) is 46.0 Å². The van der Waals surface area contributed by atoms with E-state index in [-0.39, 0.29) is 6.61 Å². The molecule has 0 saturated heterocycles. The summed E-state index contributed by atoms with van der Waals surface area (Å²) in [6, 6.07) is 0. The van der Waals surface area contributed by atoms with E-state index in [0.717, 1.165) is 22.8 Å². The Labute approximate surface area is 99.3 Å². The first-order valence-electron chi connectivity index (χ1n) is 4.90. The van der Waals surface area contributed by atoms with Crippen LogP contribution in [0.25, 0.3) is 0 Å². The average molecular weight is 247 g/mol. The average Bonchev–Trinajstić information content (AvgIpc) is 2.17. The third-order valence-corrected chi connectivity index (χ3v) is 3.31. The molecule has 1 aromatic heterocycles. The summed E-state index contributed by atoms with van der Waals surface area (Å²) in [7, 11) is 0. The van der Waals surface area contributed by atoms with Crippen molar-refractivity contribution < 1.29 is 5.11 Å². The van der Waals surface area contributed by atoms with Crippen molar-refractivity contribution in [3.8, 4) is 0 Å². The molecule has 5 heteroatoms. The van der Waals surface area contributed by atoms with E-state index in [9.17, 15) is 0 Å². The van der Waals surface area contributed by atoms with Crippen molar-refractivity contribution in [2.24, 2.45) is 0 Å². The molecule has 3 nitrogen and oxygen atoms in total. The number of rotatable bonds is 5. The molecule has 0 aliphatic rings. The van der Waals surface area contributed by atoms with Crippen molar-refractivity contribution in [1.29, 1.82) is 0 Å². The number of thioether (sulfide) groups is 1. The number of aromatic nitrogens is 2. The van der Waals surface area contributed by atoms with Gasteiger partial charge in [0.15, 0.2) is 0 Å². The third kappa shape index (κ3) is 3.63. The van der Waals surface area contributed by atoms with Crippen LogP contribution in [0.15, 0.2) is 11.4 Å². The maximum Gasteiger partial charge on any atom is 0.137 e. The SMILES string of the molecule is CC(C)c1c(Cl)ncnc1SCCCO. The second kappa shape index (κ2) is 6.30. The summed E-state index contributed by atoms with van der Waals surface area (Å²) >= 11 is 7.64. The highest BCUT2D eigenvalue weighted by molar-refractivity contribution is 7.99. The Hall–Kier alpha value is -0.320. The van der Waals surface area contributed by atoms with Gasteiger partial charge in [0.2, 0.25) is 0 Å². The summed E-state index contributed by atoms with van der Waals surface area (Å²) in [5.41, 5.74) is 1.00. The van der Waals surface area contributed by atoms with Gasteiger partial charge >= 0.3 is 0 Å². The summed E-state index contributed by atoms with van der Waals surface area (Å²) in [6.45, 7) is 4.35. The monoisotopic (exact) mass is 246 g/mol. The molecule has 0 aromatic carbocycles. The minimum absolute atomic E-state index is 0.211. The molecule has 0 saturated carbocycles. The lowest BCUT2D eigenvalue weighted by Crippen LogP contribution is -1.98. The first-order chi connectivity index (χ1) is 7.16. The van der Waals surface area contributed by atoms with Crippen molar-refractivity contribution in [3.05, 3.63) is 17.0 Å². The van der Waals surface area contributed by atoms with Gasteiger partial charge in [0, 0.05) is 17.9 Å². The van der Waals surface area contributed by atoms with E-state index >= 15 is 0 Å². The maximum absolute atomic E-state index is 8.71. The summed E-state index contributed by atoms with van der Waals surface area (Å²) in [5, 5.41) is 10.2. The quantitative estimate of drug-likeness (QED) is 0.493. The molecule has 0 radical (unpaired) electrons. The van der Waals surface area contributed by atoms with Gasteiger partial charge in [-0.25, -0.2) is 9.97 Å². The molecule has 1 heterocycles. The van der Waals surface area contributed by atoms with Crippen molar-refractivity contribution >= 4 is 23.4 Å². The Morgan fingerprint density at radius 3 is 2.80 bits per heavy atom. The first-order valence-corrected chi connectivity index (χ1v) is 6.27. The predicted octanol–water partition coefficient (Wildman–Crippen LogP) is 2.73. The van der Waals surface area contributed by atoms with E-state index in [0.29, 0.717) is 11.1 Å². The van der Waals surface area contributed by atoms with Crippen molar-refractivity contribution in [2.45, 2.75) is 31.2 Å². The van der Waals surface area contributed by atoms with Gasteiger partial charge in [0.05, 0.1) is 0 Å². The highest BCUT2D eigenvalue weighted by Gasteiger charge is 2.13. The molecule has 0 atom stereocenters. The molecule has 0 unspecified atom stereocenters. The molecule has 0 fully saturated rings. The lowest BCUT2D eigenvalue weighted by Gasteiger charge is -2.11. The fraction of sp³-hybridized carbons (Fsp3) is 0.600. The lowest BCUT2D eigenvalue weighted by atomic mass is 10.1. The van der Waals surface area contributed by atoms with E-state index < -0.39 is 0 Å². The second-order valence-corrected chi connectivity index (χ2v) is 4.91. The minimum Gasteiger partial charge on any atom is -0.396 e. The van der Waals surface area contributed by atoms with Crippen molar-refractivity contribution in [1.82, 2.24) is 9.97 Å². The molecular weight excluding hydrogens is 232 g/mol. The molecule has 15 heavy (non-hydrogen) atoms. The summed E-state index contributed by atoms with van der Waals surface area (Å²) in [5.74, 6) is 1.17. The summed E-state index contributed by atoms with van der Waals surface area (Å²) in [4.78, 5) is 8.20. The smallest absolute Gasteiger partial charge is 0.137 e. The number of halogens is 1. The van der Waals surface area contributed by atoms with Crippen molar-refractivity contribution in [2.75, 3.05) is 12.4 Å². The van der Waals surface area contributed by atoms with Crippen LogP contribution < -0.4 is 0 Å². The van der Waals surface area contributed by atoms with Crippen LogP contribution in [0.2, 0.25) is 5.15 Å². The van der Waals surface area contributed by atoms with E-state index in [1.165, 1.54) is 6.33 Å². The molecule has 0 bridgehead atoms. The van der Waals surface area contributed by atoms with Crippen LogP contribution in [0.4, 0.5) is 0 Å². The highest BCUT2D eigenvalue weighted by atomic mass is 35.5. The van der Waals surface area contributed by atoms with Gasteiger partial charge in [-0.3, -0.25) is 0 Å². The molecule has 0 spiro atoms. The Balaban J connectivity index is 2.81. The maximum atomic E-state index is 8.71. The molecule has 0 amide bonds. The van der Waals surface area contributed by atoms with Crippen LogP contribution in [0, 0.1) is 0 Å². The zero-order valence-corrected chi connectivity index (χ0v) is 10.5. The van der Waals surface area contributed by atoms with Crippen LogP contribution in [0.1, 0.15) is 31.7 Å². The standard InChI is InChI=1S/C10H15ClN2OS/c1-7(2)8-9(11)12-6-13-10(8)15-5-3-4-14/h6-7,14H,3-5H2,1-2H3.